The van der Waals surface area contributed by atoms with Crippen molar-refractivity contribution in [3.63, 3.8) is 0 Å². The molecule has 3 N–H and O–H groups in total. The number of carboxylic acids is 1. The molecule has 1 aliphatic rings. The third kappa shape index (κ3) is 6.22. The van der Waals surface area contributed by atoms with Gasteiger partial charge in [-0.25, -0.2) is 22.9 Å². The summed E-state index contributed by atoms with van der Waals surface area (Å²) in [7, 11) is -3.92. The SMILES string of the molecule is O=C(O)COc1cccc2c1CCCC2NS(=O)(=O)c1cnc(Oc2ccc(CCO)cc2)c(Br)c1. The molecule has 1 aliphatic carbocycles. The lowest BCUT2D eigenvalue weighted by Gasteiger charge is -2.27. The Morgan fingerprint density at radius 3 is 2.67 bits per heavy atom. The zero-order chi connectivity index (χ0) is 25.7. The summed E-state index contributed by atoms with van der Waals surface area (Å²) in [5.74, 6) is 0.115. The van der Waals surface area contributed by atoms with Crippen LogP contribution in [0.25, 0.3) is 0 Å². The molecule has 11 heteroatoms. The third-order valence-corrected chi connectivity index (χ3v) is 7.75. The molecule has 3 aromatic rings. The van der Waals surface area contributed by atoms with Crippen LogP contribution in [0.3, 0.4) is 0 Å². The molecule has 1 unspecified atom stereocenters. The minimum Gasteiger partial charge on any atom is -0.482 e. The fourth-order valence-corrected chi connectivity index (χ4v) is 5.86. The van der Waals surface area contributed by atoms with Crippen LogP contribution >= 0.6 is 15.9 Å². The lowest BCUT2D eigenvalue weighted by molar-refractivity contribution is -0.139. The van der Waals surface area contributed by atoms with Crippen molar-refractivity contribution in [1.29, 1.82) is 0 Å². The lowest BCUT2D eigenvalue weighted by atomic mass is 9.87. The molecule has 190 valence electrons. The largest absolute Gasteiger partial charge is 0.482 e. The van der Waals surface area contributed by atoms with Gasteiger partial charge in [-0.15, -0.1) is 0 Å². The molecule has 0 spiro atoms. The van der Waals surface area contributed by atoms with Gasteiger partial charge in [-0.1, -0.05) is 24.3 Å². The van der Waals surface area contributed by atoms with E-state index in [-0.39, 0.29) is 17.4 Å². The maximum atomic E-state index is 13.2. The van der Waals surface area contributed by atoms with Crippen LogP contribution in [-0.4, -0.2) is 42.8 Å². The van der Waals surface area contributed by atoms with Gasteiger partial charge in [-0.2, -0.15) is 0 Å². The number of pyridine rings is 1. The van der Waals surface area contributed by atoms with E-state index in [2.05, 4.69) is 25.6 Å². The number of carbonyl (C=O) groups is 1. The van der Waals surface area contributed by atoms with Crippen LogP contribution in [0.2, 0.25) is 0 Å². The van der Waals surface area contributed by atoms with E-state index >= 15 is 0 Å². The Labute approximate surface area is 217 Å². The molecule has 0 saturated heterocycles. The third-order valence-electron chi connectivity index (χ3n) is 5.74. The highest BCUT2D eigenvalue weighted by Crippen LogP contribution is 2.37. The van der Waals surface area contributed by atoms with Gasteiger partial charge in [0.05, 0.1) is 10.7 Å². The summed E-state index contributed by atoms with van der Waals surface area (Å²) in [5, 5.41) is 18.0. The Kier molecular flexibility index (Phi) is 8.24. The summed E-state index contributed by atoms with van der Waals surface area (Å²) in [5.41, 5.74) is 2.55. The first kappa shape index (κ1) is 26.1. The average molecular weight is 577 g/mol. The number of carboxylic acid groups (broad SMARTS) is 1. The second-order valence-electron chi connectivity index (χ2n) is 8.25. The van der Waals surface area contributed by atoms with E-state index in [4.69, 9.17) is 19.7 Å². The molecule has 4 rings (SSSR count). The molecule has 1 aromatic heterocycles. The molecular formula is C25H25BrN2O7S. The Morgan fingerprint density at radius 2 is 1.97 bits per heavy atom. The summed E-state index contributed by atoms with van der Waals surface area (Å²) in [6.07, 6.45) is 3.77. The smallest absolute Gasteiger partial charge is 0.341 e. The van der Waals surface area contributed by atoms with E-state index in [0.717, 1.165) is 23.1 Å². The van der Waals surface area contributed by atoms with Gasteiger partial charge in [-0.05, 0) is 82.6 Å². The van der Waals surface area contributed by atoms with E-state index in [1.165, 1.54) is 12.3 Å². The quantitative estimate of drug-likeness (QED) is 0.329. The Hall–Kier alpha value is -2.99. The van der Waals surface area contributed by atoms with E-state index in [9.17, 15) is 13.2 Å². The van der Waals surface area contributed by atoms with Crippen LogP contribution in [0.1, 0.15) is 35.6 Å². The number of halogens is 1. The molecule has 0 radical (unpaired) electrons. The number of nitrogens with one attached hydrogen (secondary N) is 1. The second-order valence-corrected chi connectivity index (χ2v) is 10.8. The van der Waals surface area contributed by atoms with Crippen LogP contribution in [0.4, 0.5) is 0 Å². The van der Waals surface area contributed by atoms with Crippen molar-refractivity contribution in [3.05, 3.63) is 75.9 Å². The maximum Gasteiger partial charge on any atom is 0.341 e. The number of rotatable bonds is 10. The van der Waals surface area contributed by atoms with Crippen molar-refractivity contribution in [2.45, 2.75) is 36.6 Å². The zero-order valence-electron chi connectivity index (χ0n) is 19.2. The van der Waals surface area contributed by atoms with Crippen molar-refractivity contribution in [1.82, 2.24) is 9.71 Å². The van der Waals surface area contributed by atoms with Gasteiger partial charge >= 0.3 is 5.97 Å². The predicted octanol–water partition coefficient (Wildman–Crippen LogP) is 3.99. The van der Waals surface area contributed by atoms with Crippen molar-refractivity contribution in [2.75, 3.05) is 13.2 Å². The number of aromatic nitrogens is 1. The van der Waals surface area contributed by atoms with Crippen molar-refractivity contribution < 1.29 is 32.9 Å². The van der Waals surface area contributed by atoms with Gasteiger partial charge in [0.1, 0.15) is 16.4 Å². The number of ether oxygens (including phenoxy) is 2. The molecule has 0 bridgehead atoms. The monoisotopic (exact) mass is 576 g/mol. The van der Waals surface area contributed by atoms with Crippen LogP contribution in [0.15, 0.2) is 64.1 Å². The Balaban J connectivity index is 1.50. The topological polar surface area (TPSA) is 135 Å². The van der Waals surface area contributed by atoms with Gasteiger partial charge < -0.3 is 19.7 Å². The van der Waals surface area contributed by atoms with Gasteiger partial charge in [0.15, 0.2) is 6.61 Å². The van der Waals surface area contributed by atoms with E-state index < -0.39 is 28.6 Å². The number of fused-ring (bicyclic) bond motifs is 1. The number of hydrogen-bond acceptors (Lipinski definition) is 7. The molecule has 2 aromatic carbocycles. The van der Waals surface area contributed by atoms with E-state index in [1.54, 1.807) is 24.3 Å². The number of benzene rings is 2. The number of sulfonamides is 1. The highest BCUT2D eigenvalue weighted by atomic mass is 79.9. The fraction of sp³-hybridized carbons (Fsp3) is 0.280. The lowest BCUT2D eigenvalue weighted by Crippen LogP contribution is -2.31. The predicted molar refractivity (Wildman–Crippen MR) is 135 cm³/mol. The van der Waals surface area contributed by atoms with Crippen LogP contribution in [0, 0.1) is 0 Å². The molecule has 0 aliphatic heterocycles. The number of aliphatic hydroxyl groups is 1. The summed E-state index contributed by atoms with van der Waals surface area (Å²) in [6.45, 7) is -0.406. The number of aliphatic carboxylic acids is 1. The van der Waals surface area contributed by atoms with Crippen LogP contribution in [-0.2, 0) is 27.7 Å². The molecule has 0 saturated carbocycles. The molecule has 0 fully saturated rings. The van der Waals surface area contributed by atoms with E-state index in [0.29, 0.717) is 35.2 Å². The standard InChI is InChI=1S/C25H25BrN2O7S/c26-21-13-18(14-27-25(21)35-17-9-7-16(8-10-17)11-12-29)36(32,33)28-22-5-1-4-20-19(22)3-2-6-23(20)34-15-24(30)31/h2-3,6-10,13-14,22,28-29H,1,4-5,11-12,15H2,(H,30,31). The van der Waals surface area contributed by atoms with Crippen LogP contribution < -0.4 is 14.2 Å². The number of nitrogens with zero attached hydrogens (tertiary/aromatic N) is 1. The Morgan fingerprint density at radius 1 is 1.19 bits per heavy atom. The first-order valence-electron chi connectivity index (χ1n) is 11.3. The Bertz CT molecular complexity index is 1350. The minimum absolute atomic E-state index is 0.0228. The summed E-state index contributed by atoms with van der Waals surface area (Å²) >= 11 is 3.35. The number of aliphatic hydroxyl groups excluding tert-OH is 1. The van der Waals surface area contributed by atoms with E-state index in [1.807, 2.05) is 18.2 Å². The van der Waals surface area contributed by atoms with Crippen molar-refractivity contribution >= 4 is 31.9 Å². The van der Waals surface area contributed by atoms with Gasteiger partial charge in [0, 0.05) is 12.6 Å². The number of hydrogen-bond donors (Lipinski definition) is 3. The minimum atomic E-state index is -3.92. The highest BCUT2D eigenvalue weighted by Gasteiger charge is 2.28. The highest BCUT2D eigenvalue weighted by molar-refractivity contribution is 9.10. The molecular weight excluding hydrogens is 552 g/mol. The van der Waals surface area contributed by atoms with Gasteiger partial charge in [0.2, 0.25) is 15.9 Å². The van der Waals surface area contributed by atoms with Gasteiger partial charge in [-0.3, -0.25) is 0 Å². The van der Waals surface area contributed by atoms with Crippen molar-refractivity contribution in [3.8, 4) is 17.4 Å². The molecule has 36 heavy (non-hydrogen) atoms. The zero-order valence-corrected chi connectivity index (χ0v) is 21.6. The summed E-state index contributed by atoms with van der Waals surface area (Å²) < 4.78 is 40.7. The summed E-state index contributed by atoms with van der Waals surface area (Å²) in [6, 6.07) is 13.4. The first-order valence-corrected chi connectivity index (χ1v) is 13.6. The first-order chi connectivity index (χ1) is 17.3. The molecule has 1 atom stereocenters. The fourth-order valence-electron chi connectivity index (χ4n) is 4.06. The normalized spacial score (nSPS) is 15.2. The van der Waals surface area contributed by atoms with Crippen molar-refractivity contribution in [2.24, 2.45) is 0 Å². The van der Waals surface area contributed by atoms with Gasteiger partial charge in [0.25, 0.3) is 0 Å². The molecule has 0 amide bonds. The average Bonchev–Trinajstić information content (AvgIpc) is 2.85. The maximum absolute atomic E-state index is 13.2. The van der Waals surface area contributed by atoms with Crippen LogP contribution in [0.5, 0.6) is 17.4 Å². The second kappa shape index (κ2) is 11.4. The molecule has 9 nitrogen and oxygen atoms in total. The summed E-state index contributed by atoms with van der Waals surface area (Å²) in [4.78, 5) is 15.1. The molecule has 1 heterocycles.